The Morgan fingerprint density at radius 1 is 1.57 bits per heavy atom. The van der Waals surface area contributed by atoms with Crippen LogP contribution in [0.2, 0.25) is 0 Å². The number of carbonyl (C=O) groups excluding carboxylic acids is 1. The van der Waals surface area contributed by atoms with Crippen molar-refractivity contribution in [3.05, 3.63) is 0 Å². The van der Waals surface area contributed by atoms with Crippen LogP contribution >= 0.6 is 0 Å². The number of nitrogens with two attached hydrogens (primary N) is 1. The van der Waals surface area contributed by atoms with E-state index < -0.39 is 36.9 Å². The van der Waals surface area contributed by atoms with Crippen LogP contribution in [0, 0.1) is 0 Å². The SMILES string of the molecule is CO[C@@H]1[C@H](O)[C@@H](CO)O[C@H]1N1CNC2C(=O)NC(N)NC21. The molecule has 7 N–H and O–H groups in total. The van der Waals surface area contributed by atoms with Gasteiger partial charge in [0.1, 0.15) is 36.9 Å². The molecule has 0 aromatic heterocycles. The highest BCUT2D eigenvalue weighted by atomic mass is 16.6. The molecule has 3 aliphatic rings. The minimum absolute atomic E-state index is 0.194. The fraction of sp³-hybridized carbons (Fsp3) is 0.909. The fourth-order valence-electron chi connectivity index (χ4n) is 3.14. The van der Waals surface area contributed by atoms with Gasteiger partial charge in [-0.2, -0.15) is 0 Å². The average molecular weight is 303 g/mol. The van der Waals surface area contributed by atoms with Gasteiger partial charge >= 0.3 is 0 Å². The van der Waals surface area contributed by atoms with E-state index in [1.54, 1.807) is 0 Å². The van der Waals surface area contributed by atoms with Crippen molar-refractivity contribution in [3.8, 4) is 0 Å². The Balaban J connectivity index is 1.78. The van der Waals surface area contributed by atoms with Crippen LogP contribution < -0.4 is 21.7 Å². The van der Waals surface area contributed by atoms with E-state index in [1.165, 1.54) is 7.11 Å². The van der Waals surface area contributed by atoms with Crippen molar-refractivity contribution in [1.29, 1.82) is 0 Å². The van der Waals surface area contributed by atoms with Crippen LogP contribution in [-0.2, 0) is 14.3 Å². The maximum Gasteiger partial charge on any atom is 0.242 e. The van der Waals surface area contributed by atoms with Crippen molar-refractivity contribution in [2.75, 3.05) is 20.4 Å². The molecule has 3 unspecified atom stereocenters. The number of methoxy groups -OCH3 is 1. The predicted molar refractivity (Wildman–Crippen MR) is 69.2 cm³/mol. The van der Waals surface area contributed by atoms with Crippen LogP contribution in [0.5, 0.6) is 0 Å². The molecule has 0 spiro atoms. The van der Waals surface area contributed by atoms with E-state index >= 15 is 0 Å². The fourth-order valence-corrected chi connectivity index (χ4v) is 3.14. The molecule has 3 fully saturated rings. The summed E-state index contributed by atoms with van der Waals surface area (Å²) in [6.45, 7) is 0.0676. The lowest BCUT2D eigenvalue weighted by Gasteiger charge is -2.38. The molecule has 0 radical (unpaired) electrons. The maximum atomic E-state index is 11.9. The highest BCUT2D eigenvalue weighted by Crippen LogP contribution is 2.29. The first kappa shape index (κ1) is 15.1. The van der Waals surface area contributed by atoms with E-state index in [2.05, 4.69) is 16.0 Å². The Bertz CT molecular complexity index is 412. The molecule has 1 amide bonds. The standard InChI is InChI=1S/C11H21N5O5/c1-20-7-6(18)4(2-17)21-10(7)16-3-13-5-8(16)14-11(12)15-9(5)19/h4-8,10-11,13-14,17-18H,2-3,12H2,1H3,(H,15,19)/t4-,5?,6-,7-,8?,10-,11?/m1/s1. The molecule has 120 valence electrons. The van der Waals surface area contributed by atoms with Crippen LogP contribution in [-0.4, -0.2) is 84.4 Å². The molecule has 3 aliphatic heterocycles. The summed E-state index contributed by atoms with van der Waals surface area (Å²) in [6, 6.07) is -0.462. The lowest BCUT2D eigenvalue weighted by Crippen LogP contribution is -2.71. The summed E-state index contributed by atoms with van der Waals surface area (Å²) in [5, 5.41) is 28.1. The summed E-state index contributed by atoms with van der Waals surface area (Å²) in [4.78, 5) is 13.7. The van der Waals surface area contributed by atoms with Crippen molar-refractivity contribution >= 4 is 5.91 Å². The van der Waals surface area contributed by atoms with Crippen molar-refractivity contribution in [2.24, 2.45) is 5.73 Å². The molecule has 10 nitrogen and oxygen atoms in total. The second kappa shape index (κ2) is 5.74. The monoisotopic (exact) mass is 303 g/mol. The summed E-state index contributed by atoms with van der Waals surface area (Å²) in [5.74, 6) is -0.194. The van der Waals surface area contributed by atoms with Crippen molar-refractivity contribution < 1.29 is 24.5 Å². The van der Waals surface area contributed by atoms with Crippen LogP contribution in [0.1, 0.15) is 0 Å². The lowest BCUT2D eigenvalue weighted by atomic mass is 10.1. The molecule has 3 heterocycles. The third-order valence-electron chi connectivity index (χ3n) is 4.19. The minimum atomic E-state index is -0.935. The van der Waals surface area contributed by atoms with E-state index in [1.807, 2.05) is 4.90 Å². The predicted octanol–water partition coefficient (Wildman–Crippen LogP) is -4.40. The number of aliphatic hydroxyl groups excluding tert-OH is 2. The number of hydrogen-bond acceptors (Lipinski definition) is 9. The number of amides is 1. The topological polar surface area (TPSA) is 141 Å². The van der Waals surface area contributed by atoms with Gasteiger partial charge in [-0.1, -0.05) is 0 Å². The van der Waals surface area contributed by atoms with Gasteiger partial charge in [0.2, 0.25) is 5.91 Å². The number of fused-ring (bicyclic) bond motifs is 1. The van der Waals surface area contributed by atoms with Gasteiger partial charge in [0.05, 0.1) is 19.4 Å². The Morgan fingerprint density at radius 3 is 3.00 bits per heavy atom. The molecule has 0 aromatic rings. The molecule has 0 aliphatic carbocycles. The highest BCUT2D eigenvalue weighted by molar-refractivity contribution is 5.84. The van der Waals surface area contributed by atoms with Gasteiger partial charge in [-0.05, 0) is 0 Å². The molecule has 21 heavy (non-hydrogen) atoms. The molecule has 10 heteroatoms. The van der Waals surface area contributed by atoms with Crippen LogP contribution in [0.25, 0.3) is 0 Å². The Labute approximate surface area is 121 Å². The average Bonchev–Trinajstić information content (AvgIpc) is 2.99. The van der Waals surface area contributed by atoms with Gasteiger partial charge in [-0.25, -0.2) is 4.90 Å². The molecule has 0 aromatic carbocycles. The molecule has 0 saturated carbocycles. The first-order chi connectivity index (χ1) is 10.1. The zero-order valence-corrected chi connectivity index (χ0v) is 11.6. The van der Waals surface area contributed by atoms with Crippen molar-refractivity contribution in [3.63, 3.8) is 0 Å². The Morgan fingerprint density at radius 2 is 2.33 bits per heavy atom. The van der Waals surface area contributed by atoms with E-state index in [-0.39, 0.29) is 18.7 Å². The zero-order chi connectivity index (χ0) is 15.1. The minimum Gasteiger partial charge on any atom is -0.394 e. The lowest BCUT2D eigenvalue weighted by molar-refractivity contribution is -0.134. The molecule has 0 bridgehead atoms. The van der Waals surface area contributed by atoms with E-state index in [4.69, 9.17) is 15.2 Å². The summed E-state index contributed by atoms with van der Waals surface area (Å²) >= 11 is 0. The van der Waals surface area contributed by atoms with Crippen LogP contribution in [0.4, 0.5) is 0 Å². The maximum absolute atomic E-state index is 11.9. The number of nitrogens with zero attached hydrogens (tertiary/aromatic N) is 1. The Hall–Kier alpha value is -0.850. The van der Waals surface area contributed by atoms with Gasteiger partial charge < -0.3 is 25.0 Å². The molecule has 7 atom stereocenters. The molecular weight excluding hydrogens is 282 g/mol. The highest BCUT2D eigenvalue weighted by Gasteiger charge is 2.53. The molecule has 3 saturated heterocycles. The number of hydrogen-bond donors (Lipinski definition) is 6. The van der Waals surface area contributed by atoms with Crippen molar-refractivity contribution in [2.45, 2.75) is 43.0 Å². The molecular formula is C11H21N5O5. The summed E-state index contributed by atoms with van der Waals surface area (Å²) < 4.78 is 11.0. The van der Waals surface area contributed by atoms with E-state index in [0.717, 1.165) is 0 Å². The number of aliphatic hydroxyl groups is 2. The third-order valence-corrected chi connectivity index (χ3v) is 4.19. The van der Waals surface area contributed by atoms with Gasteiger partial charge in [0, 0.05) is 7.11 Å². The van der Waals surface area contributed by atoms with Crippen LogP contribution in [0.15, 0.2) is 0 Å². The number of nitrogens with one attached hydrogen (secondary N) is 3. The number of ether oxygens (including phenoxy) is 2. The van der Waals surface area contributed by atoms with Gasteiger partial charge in [-0.15, -0.1) is 0 Å². The summed E-state index contributed by atoms with van der Waals surface area (Å²) in [7, 11) is 1.47. The van der Waals surface area contributed by atoms with Gasteiger partial charge in [0.25, 0.3) is 0 Å². The largest absolute Gasteiger partial charge is 0.394 e. The second-order valence-corrected chi connectivity index (χ2v) is 5.39. The summed E-state index contributed by atoms with van der Waals surface area (Å²) in [6.07, 6.45) is -3.88. The van der Waals surface area contributed by atoms with Gasteiger partial charge in [-0.3, -0.25) is 21.2 Å². The van der Waals surface area contributed by atoms with E-state index in [9.17, 15) is 15.0 Å². The zero-order valence-electron chi connectivity index (χ0n) is 11.6. The van der Waals surface area contributed by atoms with Crippen LogP contribution in [0.3, 0.4) is 0 Å². The Kier molecular flexibility index (Phi) is 4.12. The normalized spacial score (nSPS) is 47.4. The van der Waals surface area contributed by atoms with Gasteiger partial charge in [0.15, 0.2) is 0 Å². The second-order valence-electron chi connectivity index (χ2n) is 5.39. The van der Waals surface area contributed by atoms with Crippen molar-refractivity contribution in [1.82, 2.24) is 20.9 Å². The quantitative estimate of drug-likeness (QED) is 0.305. The first-order valence-corrected chi connectivity index (χ1v) is 6.85. The molecule has 3 rings (SSSR count). The number of rotatable bonds is 3. The van der Waals surface area contributed by atoms with E-state index in [0.29, 0.717) is 6.67 Å². The third kappa shape index (κ3) is 2.43. The first-order valence-electron chi connectivity index (χ1n) is 6.85. The summed E-state index contributed by atoms with van der Waals surface area (Å²) in [5.41, 5.74) is 5.73. The number of carbonyl (C=O) groups is 1. The smallest absolute Gasteiger partial charge is 0.242 e.